The van der Waals surface area contributed by atoms with E-state index in [1.165, 1.54) is 0 Å². The topological polar surface area (TPSA) is 64.3 Å². The van der Waals surface area contributed by atoms with Crippen molar-refractivity contribution in [2.45, 2.75) is 31.8 Å². The molecule has 0 bridgehead atoms. The summed E-state index contributed by atoms with van der Waals surface area (Å²) in [5.74, 6) is 0.812. The second-order valence-electron chi connectivity index (χ2n) is 4.57. The van der Waals surface area contributed by atoms with E-state index in [0.717, 1.165) is 23.3 Å². The Balaban J connectivity index is 2.31. The number of hydrogen-bond acceptors (Lipinski definition) is 3. The molecule has 1 aliphatic heterocycles. The highest BCUT2D eigenvalue weighted by Crippen LogP contribution is 2.31. The Labute approximate surface area is 101 Å². The fraction of sp³-hybridized carbons (Fsp3) is 0.462. The van der Waals surface area contributed by atoms with Gasteiger partial charge in [0.25, 0.3) is 0 Å². The van der Waals surface area contributed by atoms with E-state index in [1.54, 1.807) is 7.11 Å². The lowest BCUT2D eigenvalue weighted by Gasteiger charge is -2.29. The second kappa shape index (κ2) is 4.75. The molecule has 0 aliphatic carbocycles. The van der Waals surface area contributed by atoms with E-state index in [9.17, 15) is 4.79 Å². The van der Waals surface area contributed by atoms with Crippen molar-refractivity contribution in [3.63, 3.8) is 0 Å². The summed E-state index contributed by atoms with van der Waals surface area (Å²) in [5, 5.41) is 2.97. The fourth-order valence-corrected chi connectivity index (χ4v) is 2.27. The Hall–Kier alpha value is -1.55. The molecule has 0 aromatic heterocycles. The van der Waals surface area contributed by atoms with E-state index in [4.69, 9.17) is 10.5 Å². The zero-order chi connectivity index (χ0) is 12.4. The number of piperidine rings is 1. The lowest BCUT2D eigenvalue weighted by molar-refractivity contribution is -0.123. The van der Waals surface area contributed by atoms with Gasteiger partial charge in [-0.2, -0.15) is 0 Å². The van der Waals surface area contributed by atoms with Crippen LogP contribution >= 0.6 is 0 Å². The molecule has 1 aromatic rings. The van der Waals surface area contributed by atoms with Crippen LogP contribution in [0, 0.1) is 6.92 Å². The predicted octanol–water partition coefficient (Wildman–Crippen LogP) is 1.28. The molecule has 4 nitrogen and oxygen atoms in total. The quantitative estimate of drug-likeness (QED) is 0.810. The third-order valence-electron chi connectivity index (χ3n) is 3.08. The van der Waals surface area contributed by atoms with Crippen LogP contribution in [-0.4, -0.2) is 19.1 Å². The summed E-state index contributed by atoms with van der Waals surface area (Å²) in [7, 11) is 1.64. The first-order valence-electron chi connectivity index (χ1n) is 5.79. The maximum Gasteiger partial charge on any atom is 0.222 e. The maximum atomic E-state index is 11.5. The molecule has 0 radical (unpaired) electrons. The van der Waals surface area contributed by atoms with Crippen molar-refractivity contribution in [1.29, 1.82) is 0 Å². The van der Waals surface area contributed by atoms with E-state index >= 15 is 0 Å². The number of carbonyl (C=O) groups is 1. The molecule has 1 aliphatic rings. The largest absolute Gasteiger partial charge is 0.496 e. The maximum absolute atomic E-state index is 11.5. The summed E-state index contributed by atoms with van der Waals surface area (Å²) >= 11 is 0. The standard InChI is InChI=1S/C13H18N2O2/c1-8-3-4-12(17-2)10(5-8)11-6-9(14)7-13(16)15-11/h3-5,9,11H,6-7,14H2,1-2H3,(H,15,16). The highest BCUT2D eigenvalue weighted by molar-refractivity contribution is 5.78. The van der Waals surface area contributed by atoms with Crippen LogP contribution in [0.25, 0.3) is 0 Å². The molecule has 92 valence electrons. The Morgan fingerprint density at radius 2 is 2.24 bits per heavy atom. The molecule has 0 spiro atoms. The zero-order valence-corrected chi connectivity index (χ0v) is 10.2. The minimum Gasteiger partial charge on any atom is -0.496 e. The average molecular weight is 234 g/mol. The number of hydrogen-bond donors (Lipinski definition) is 2. The van der Waals surface area contributed by atoms with Gasteiger partial charge in [-0.05, 0) is 19.4 Å². The molecule has 0 saturated carbocycles. The van der Waals surface area contributed by atoms with Crippen LogP contribution < -0.4 is 15.8 Å². The first kappa shape index (κ1) is 11.9. The summed E-state index contributed by atoms with van der Waals surface area (Å²) in [6.45, 7) is 2.02. The summed E-state index contributed by atoms with van der Waals surface area (Å²) in [6, 6.07) is 5.85. The van der Waals surface area contributed by atoms with E-state index in [-0.39, 0.29) is 18.0 Å². The molecule has 1 fully saturated rings. The molecule has 2 rings (SSSR count). The van der Waals surface area contributed by atoms with E-state index in [1.807, 2.05) is 25.1 Å². The Morgan fingerprint density at radius 1 is 1.47 bits per heavy atom. The van der Waals surface area contributed by atoms with E-state index in [2.05, 4.69) is 5.32 Å². The average Bonchev–Trinajstić information content (AvgIpc) is 2.27. The van der Waals surface area contributed by atoms with Gasteiger partial charge in [-0.15, -0.1) is 0 Å². The predicted molar refractivity (Wildman–Crippen MR) is 65.8 cm³/mol. The van der Waals surface area contributed by atoms with Crippen molar-refractivity contribution in [3.8, 4) is 5.75 Å². The second-order valence-corrected chi connectivity index (χ2v) is 4.57. The number of benzene rings is 1. The number of nitrogens with one attached hydrogen (secondary N) is 1. The van der Waals surface area contributed by atoms with Crippen molar-refractivity contribution in [1.82, 2.24) is 5.32 Å². The van der Waals surface area contributed by atoms with Crippen LogP contribution in [0.2, 0.25) is 0 Å². The van der Waals surface area contributed by atoms with Crippen LogP contribution in [-0.2, 0) is 4.79 Å². The van der Waals surface area contributed by atoms with Gasteiger partial charge in [0.2, 0.25) is 5.91 Å². The first-order chi connectivity index (χ1) is 8.10. The van der Waals surface area contributed by atoms with Crippen LogP contribution in [0.15, 0.2) is 18.2 Å². The Bertz CT molecular complexity index is 431. The van der Waals surface area contributed by atoms with Crippen LogP contribution in [0.4, 0.5) is 0 Å². The number of ether oxygens (including phenoxy) is 1. The van der Waals surface area contributed by atoms with Crippen molar-refractivity contribution >= 4 is 5.91 Å². The van der Waals surface area contributed by atoms with Gasteiger partial charge in [-0.1, -0.05) is 17.7 Å². The number of carbonyl (C=O) groups excluding carboxylic acids is 1. The summed E-state index contributed by atoms with van der Waals surface area (Å²) in [4.78, 5) is 11.5. The van der Waals surface area contributed by atoms with Crippen LogP contribution in [0.5, 0.6) is 5.75 Å². The van der Waals surface area contributed by atoms with Gasteiger partial charge in [0.1, 0.15) is 5.75 Å². The molecule has 1 heterocycles. The lowest BCUT2D eigenvalue weighted by Crippen LogP contribution is -2.42. The van der Waals surface area contributed by atoms with Crippen molar-refractivity contribution in [2.75, 3.05) is 7.11 Å². The minimum absolute atomic E-state index is 0.0114. The first-order valence-corrected chi connectivity index (χ1v) is 5.79. The number of methoxy groups -OCH3 is 1. The smallest absolute Gasteiger partial charge is 0.222 e. The third-order valence-corrected chi connectivity index (χ3v) is 3.08. The van der Waals surface area contributed by atoms with Gasteiger partial charge in [0.05, 0.1) is 13.2 Å². The van der Waals surface area contributed by atoms with Gasteiger partial charge in [0, 0.05) is 18.0 Å². The third kappa shape index (κ3) is 2.58. The summed E-state index contributed by atoms with van der Waals surface area (Å²) in [5.41, 5.74) is 8.04. The Kier molecular flexibility index (Phi) is 3.33. The molecule has 1 amide bonds. The summed E-state index contributed by atoms with van der Waals surface area (Å²) < 4.78 is 5.33. The monoisotopic (exact) mass is 234 g/mol. The number of aryl methyl sites for hydroxylation is 1. The molecule has 1 saturated heterocycles. The molecule has 1 aromatic carbocycles. The minimum atomic E-state index is -0.0704. The molecule has 17 heavy (non-hydrogen) atoms. The van der Waals surface area contributed by atoms with Crippen molar-refractivity contribution < 1.29 is 9.53 Å². The fourth-order valence-electron chi connectivity index (χ4n) is 2.27. The highest BCUT2D eigenvalue weighted by atomic mass is 16.5. The molecule has 2 unspecified atom stereocenters. The van der Waals surface area contributed by atoms with Gasteiger partial charge in [-0.3, -0.25) is 4.79 Å². The number of nitrogens with two attached hydrogens (primary N) is 1. The normalized spacial score (nSPS) is 24.3. The Morgan fingerprint density at radius 3 is 2.88 bits per heavy atom. The molecule has 2 atom stereocenters. The zero-order valence-electron chi connectivity index (χ0n) is 10.2. The van der Waals surface area contributed by atoms with Crippen molar-refractivity contribution in [2.24, 2.45) is 5.73 Å². The SMILES string of the molecule is COc1ccc(C)cc1C1CC(N)CC(=O)N1. The molecular weight excluding hydrogens is 216 g/mol. The highest BCUT2D eigenvalue weighted by Gasteiger charge is 2.27. The number of rotatable bonds is 2. The van der Waals surface area contributed by atoms with Gasteiger partial charge < -0.3 is 15.8 Å². The van der Waals surface area contributed by atoms with Crippen LogP contribution in [0.3, 0.4) is 0 Å². The van der Waals surface area contributed by atoms with Crippen LogP contribution in [0.1, 0.15) is 30.0 Å². The van der Waals surface area contributed by atoms with Gasteiger partial charge >= 0.3 is 0 Å². The lowest BCUT2D eigenvalue weighted by atomic mass is 9.92. The van der Waals surface area contributed by atoms with Gasteiger partial charge in [0.15, 0.2) is 0 Å². The molecule has 3 N–H and O–H groups in total. The van der Waals surface area contributed by atoms with E-state index in [0.29, 0.717) is 6.42 Å². The molecule has 4 heteroatoms. The van der Waals surface area contributed by atoms with Crippen molar-refractivity contribution in [3.05, 3.63) is 29.3 Å². The molecular formula is C13H18N2O2. The number of amides is 1. The van der Waals surface area contributed by atoms with E-state index < -0.39 is 0 Å². The summed E-state index contributed by atoms with van der Waals surface area (Å²) in [6.07, 6.45) is 1.16. The van der Waals surface area contributed by atoms with Gasteiger partial charge in [-0.25, -0.2) is 0 Å².